The first-order valence-corrected chi connectivity index (χ1v) is 8.15. The largest absolute Gasteiger partial charge is 0.475 e. The molecule has 3 heterocycles. The van der Waals surface area contributed by atoms with Crippen LogP contribution in [0.3, 0.4) is 0 Å². The van der Waals surface area contributed by atoms with E-state index in [0.717, 1.165) is 21.7 Å². The normalized spacial score (nSPS) is 11.1. The zero-order valence-corrected chi connectivity index (χ0v) is 12.8. The molecule has 0 aromatic carbocycles. The standard InChI is InChI=1S/C14H12N2O3S2/c1-2-9-5-10-12(15-7-16-13(10)21-9)20-6-8-3-4-11(19-8)14(17)18/h3-5,7H,2,6H2,1H3,(H,17,18). The van der Waals surface area contributed by atoms with E-state index in [2.05, 4.69) is 23.0 Å². The van der Waals surface area contributed by atoms with Gasteiger partial charge in [0.2, 0.25) is 5.76 Å². The van der Waals surface area contributed by atoms with Crippen molar-refractivity contribution >= 4 is 39.3 Å². The van der Waals surface area contributed by atoms with Crippen molar-refractivity contribution in [2.45, 2.75) is 24.1 Å². The predicted octanol–water partition coefficient (Wildman–Crippen LogP) is 3.84. The number of nitrogens with zero attached hydrogens (tertiary/aromatic N) is 2. The molecule has 0 atom stereocenters. The van der Waals surface area contributed by atoms with Gasteiger partial charge in [-0.3, -0.25) is 0 Å². The molecule has 0 spiro atoms. The van der Waals surface area contributed by atoms with Crippen LogP contribution in [0.5, 0.6) is 0 Å². The van der Waals surface area contributed by atoms with Gasteiger partial charge in [0.05, 0.1) is 5.75 Å². The third kappa shape index (κ3) is 2.93. The van der Waals surface area contributed by atoms with Gasteiger partial charge in [-0.2, -0.15) is 0 Å². The lowest BCUT2D eigenvalue weighted by molar-refractivity contribution is 0.0661. The van der Waals surface area contributed by atoms with E-state index in [4.69, 9.17) is 9.52 Å². The summed E-state index contributed by atoms with van der Waals surface area (Å²) >= 11 is 3.20. The van der Waals surface area contributed by atoms with E-state index in [1.165, 1.54) is 22.7 Å². The Morgan fingerprint density at radius 2 is 2.29 bits per heavy atom. The highest BCUT2D eigenvalue weighted by atomic mass is 32.2. The van der Waals surface area contributed by atoms with Gasteiger partial charge in [-0.05, 0) is 24.6 Å². The number of carboxylic acid groups (broad SMARTS) is 1. The molecule has 0 bridgehead atoms. The van der Waals surface area contributed by atoms with Gasteiger partial charge in [0.25, 0.3) is 0 Å². The molecule has 0 unspecified atom stereocenters. The molecule has 0 aliphatic rings. The van der Waals surface area contributed by atoms with Gasteiger partial charge in [-0.1, -0.05) is 18.7 Å². The van der Waals surface area contributed by atoms with E-state index < -0.39 is 5.97 Å². The van der Waals surface area contributed by atoms with E-state index >= 15 is 0 Å². The van der Waals surface area contributed by atoms with Crippen molar-refractivity contribution in [3.05, 3.63) is 40.9 Å². The topological polar surface area (TPSA) is 76.2 Å². The predicted molar refractivity (Wildman–Crippen MR) is 82.0 cm³/mol. The second kappa shape index (κ2) is 5.87. The van der Waals surface area contributed by atoms with Crippen LogP contribution in [0.2, 0.25) is 0 Å². The number of thiophene rings is 1. The quantitative estimate of drug-likeness (QED) is 0.568. The first kappa shape index (κ1) is 14.1. The second-order valence-corrected chi connectivity index (χ2v) is 6.40. The number of fused-ring (bicyclic) bond motifs is 1. The number of aromatic nitrogens is 2. The van der Waals surface area contributed by atoms with Crippen molar-refractivity contribution in [1.82, 2.24) is 9.97 Å². The van der Waals surface area contributed by atoms with E-state index in [1.807, 2.05) is 0 Å². The van der Waals surface area contributed by atoms with Gasteiger partial charge in [0, 0.05) is 10.3 Å². The third-order valence-corrected chi connectivity index (χ3v) is 5.13. The highest BCUT2D eigenvalue weighted by Gasteiger charge is 2.12. The zero-order valence-electron chi connectivity index (χ0n) is 11.2. The molecule has 21 heavy (non-hydrogen) atoms. The highest BCUT2D eigenvalue weighted by Crippen LogP contribution is 2.32. The lowest BCUT2D eigenvalue weighted by atomic mass is 10.3. The van der Waals surface area contributed by atoms with Crippen molar-refractivity contribution in [2.75, 3.05) is 0 Å². The summed E-state index contributed by atoms with van der Waals surface area (Å²) < 4.78 is 5.24. The minimum Gasteiger partial charge on any atom is -0.475 e. The molecule has 108 valence electrons. The Balaban J connectivity index is 1.81. The summed E-state index contributed by atoms with van der Waals surface area (Å²) in [6.07, 6.45) is 2.54. The summed E-state index contributed by atoms with van der Waals surface area (Å²) in [4.78, 5) is 21.6. The summed E-state index contributed by atoms with van der Waals surface area (Å²) in [6, 6.07) is 5.26. The van der Waals surface area contributed by atoms with Gasteiger partial charge in [0.1, 0.15) is 21.9 Å². The number of carbonyl (C=O) groups is 1. The Hall–Kier alpha value is -1.86. The van der Waals surface area contributed by atoms with Crippen molar-refractivity contribution in [3.63, 3.8) is 0 Å². The van der Waals surface area contributed by atoms with Gasteiger partial charge in [-0.25, -0.2) is 14.8 Å². The molecule has 0 fully saturated rings. The Labute approximate surface area is 129 Å². The van der Waals surface area contributed by atoms with E-state index in [9.17, 15) is 4.79 Å². The minimum atomic E-state index is -1.05. The van der Waals surface area contributed by atoms with Crippen LogP contribution in [0.15, 0.2) is 34.0 Å². The van der Waals surface area contributed by atoms with Crippen LogP contribution in [-0.2, 0) is 12.2 Å². The molecular weight excluding hydrogens is 308 g/mol. The van der Waals surface area contributed by atoms with Crippen LogP contribution in [0.4, 0.5) is 0 Å². The number of hydrogen-bond donors (Lipinski definition) is 1. The fourth-order valence-electron chi connectivity index (χ4n) is 1.88. The number of thioether (sulfide) groups is 1. The van der Waals surface area contributed by atoms with Crippen molar-refractivity contribution in [3.8, 4) is 0 Å². The number of rotatable bonds is 5. The van der Waals surface area contributed by atoms with Crippen LogP contribution < -0.4 is 0 Å². The molecule has 0 aliphatic heterocycles. The lowest BCUT2D eigenvalue weighted by Crippen LogP contribution is -1.91. The first-order chi connectivity index (χ1) is 10.2. The fraction of sp³-hybridized carbons (Fsp3) is 0.214. The number of aryl methyl sites for hydroxylation is 1. The average molecular weight is 320 g/mol. The van der Waals surface area contributed by atoms with E-state index in [0.29, 0.717) is 11.5 Å². The van der Waals surface area contributed by atoms with Crippen molar-refractivity contribution in [1.29, 1.82) is 0 Å². The van der Waals surface area contributed by atoms with Gasteiger partial charge in [-0.15, -0.1) is 11.3 Å². The van der Waals surface area contributed by atoms with Crippen molar-refractivity contribution < 1.29 is 14.3 Å². The molecule has 0 aliphatic carbocycles. The molecule has 0 saturated carbocycles. The number of hydrogen-bond acceptors (Lipinski definition) is 6. The number of carboxylic acids is 1. The maximum Gasteiger partial charge on any atom is 0.371 e. The molecule has 1 N–H and O–H groups in total. The van der Waals surface area contributed by atoms with E-state index in [1.54, 1.807) is 23.7 Å². The molecule has 5 nitrogen and oxygen atoms in total. The van der Waals surface area contributed by atoms with Gasteiger partial charge < -0.3 is 9.52 Å². The molecule has 3 rings (SSSR count). The second-order valence-electron chi connectivity index (χ2n) is 4.32. The lowest BCUT2D eigenvalue weighted by Gasteiger charge is -1.99. The average Bonchev–Trinajstić information content (AvgIpc) is 3.11. The fourth-order valence-corrected chi connectivity index (χ4v) is 3.75. The van der Waals surface area contributed by atoms with Crippen molar-refractivity contribution in [2.24, 2.45) is 0 Å². The Morgan fingerprint density at radius 1 is 1.43 bits per heavy atom. The molecule has 0 saturated heterocycles. The molecule has 3 aromatic rings. The summed E-state index contributed by atoms with van der Waals surface area (Å²) in [5.74, 6) is 0.0647. The SMILES string of the molecule is CCc1cc2c(SCc3ccc(C(=O)O)o3)ncnc2s1. The summed E-state index contributed by atoms with van der Waals surface area (Å²) in [5.41, 5.74) is 0. The molecule has 3 aromatic heterocycles. The minimum absolute atomic E-state index is 0.0396. The summed E-state index contributed by atoms with van der Waals surface area (Å²) in [6.45, 7) is 2.11. The summed E-state index contributed by atoms with van der Waals surface area (Å²) in [5, 5.41) is 10.8. The number of aromatic carboxylic acids is 1. The van der Waals surface area contributed by atoms with E-state index in [-0.39, 0.29) is 5.76 Å². The molecule has 0 radical (unpaired) electrons. The Kier molecular flexibility index (Phi) is 3.94. The Morgan fingerprint density at radius 3 is 3.00 bits per heavy atom. The molecular formula is C14H12N2O3S2. The van der Waals surface area contributed by atoms with Gasteiger partial charge >= 0.3 is 5.97 Å². The molecule has 0 amide bonds. The van der Waals surface area contributed by atoms with Crippen LogP contribution in [0.1, 0.15) is 28.1 Å². The monoisotopic (exact) mass is 320 g/mol. The number of furan rings is 1. The van der Waals surface area contributed by atoms with Crippen LogP contribution in [0, 0.1) is 0 Å². The van der Waals surface area contributed by atoms with Crippen LogP contribution >= 0.6 is 23.1 Å². The van der Waals surface area contributed by atoms with Gasteiger partial charge in [0.15, 0.2) is 0 Å². The summed E-state index contributed by atoms with van der Waals surface area (Å²) in [7, 11) is 0. The third-order valence-electron chi connectivity index (χ3n) is 2.92. The maximum absolute atomic E-state index is 10.8. The van der Waals surface area contributed by atoms with Crippen LogP contribution in [0.25, 0.3) is 10.2 Å². The zero-order chi connectivity index (χ0) is 14.8. The maximum atomic E-state index is 10.8. The smallest absolute Gasteiger partial charge is 0.371 e. The highest BCUT2D eigenvalue weighted by molar-refractivity contribution is 7.98. The van der Waals surface area contributed by atoms with Crippen LogP contribution in [-0.4, -0.2) is 21.0 Å². The Bertz CT molecular complexity index is 794. The first-order valence-electron chi connectivity index (χ1n) is 6.35. The molecule has 7 heteroatoms.